The average Bonchev–Trinajstić information content (AvgIpc) is 3.29. The van der Waals surface area contributed by atoms with Gasteiger partial charge in [-0.2, -0.15) is 4.98 Å². The molecule has 0 spiro atoms. The minimum atomic E-state index is -0.0125. The number of amides is 1. The van der Waals surface area contributed by atoms with Crippen molar-refractivity contribution in [2.24, 2.45) is 0 Å². The summed E-state index contributed by atoms with van der Waals surface area (Å²) in [5.41, 5.74) is 1.45. The van der Waals surface area contributed by atoms with Gasteiger partial charge in [0.15, 0.2) is 11.5 Å². The smallest absolute Gasteiger partial charge is 0.254 e. The molecular weight excluding hydrogens is 444 g/mol. The summed E-state index contributed by atoms with van der Waals surface area (Å²) in [6, 6.07) is 12.7. The summed E-state index contributed by atoms with van der Waals surface area (Å²) >= 11 is 5.94. The van der Waals surface area contributed by atoms with Crippen LogP contribution in [0.25, 0.3) is 11.4 Å². The Labute approximate surface area is 198 Å². The van der Waals surface area contributed by atoms with Crippen molar-refractivity contribution in [2.45, 2.75) is 20.4 Å². The SMILES string of the molecule is CCOc1ccc(C(=O)N2CCN(Cc3nc(-c4ccc(Cl)cc4)no3)CC2)cc1OCC. The molecule has 9 heteroatoms. The van der Waals surface area contributed by atoms with E-state index in [9.17, 15) is 4.79 Å². The highest BCUT2D eigenvalue weighted by Crippen LogP contribution is 2.29. The first-order chi connectivity index (χ1) is 16.1. The molecule has 0 unspecified atom stereocenters. The first kappa shape index (κ1) is 23.1. The summed E-state index contributed by atoms with van der Waals surface area (Å²) in [7, 11) is 0. The van der Waals surface area contributed by atoms with Crippen LogP contribution in [0.2, 0.25) is 5.02 Å². The molecule has 1 saturated heterocycles. The monoisotopic (exact) mass is 470 g/mol. The van der Waals surface area contributed by atoms with Gasteiger partial charge in [-0.25, -0.2) is 0 Å². The van der Waals surface area contributed by atoms with Crippen molar-refractivity contribution in [1.29, 1.82) is 0 Å². The summed E-state index contributed by atoms with van der Waals surface area (Å²) in [6.45, 7) is 8.09. The number of rotatable bonds is 8. The lowest BCUT2D eigenvalue weighted by molar-refractivity contribution is 0.0614. The van der Waals surface area contributed by atoms with E-state index in [4.69, 9.17) is 25.6 Å². The molecule has 1 fully saturated rings. The molecule has 1 aliphatic rings. The van der Waals surface area contributed by atoms with E-state index in [0.717, 1.165) is 18.7 Å². The van der Waals surface area contributed by atoms with E-state index >= 15 is 0 Å². The van der Waals surface area contributed by atoms with E-state index in [1.54, 1.807) is 30.3 Å². The van der Waals surface area contributed by atoms with E-state index in [0.29, 0.717) is 66.6 Å². The Hall–Kier alpha value is -3.10. The lowest BCUT2D eigenvalue weighted by atomic mass is 10.1. The highest BCUT2D eigenvalue weighted by atomic mass is 35.5. The number of halogens is 1. The number of hydrogen-bond donors (Lipinski definition) is 0. The second-order valence-electron chi connectivity index (χ2n) is 7.61. The largest absolute Gasteiger partial charge is 0.490 e. The number of ether oxygens (including phenoxy) is 2. The molecule has 1 aromatic heterocycles. The van der Waals surface area contributed by atoms with E-state index in [2.05, 4.69) is 15.0 Å². The van der Waals surface area contributed by atoms with Gasteiger partial charge in [0.1, 0.15) is 0 Å². The van der Waals surface area contributed by atoms with Crippen LogP contribution in [-0.2, 0) is 6.54 Å². The van der Waals surface area contributed by atoms with Crippen molar-refractivity contribution in [3.05, 3.63) is 58.9 Å². The van der Waals surface area contributed by atoms with Crippen molar-refractivity contribution < 1.29 is 18.8 Å². The average molecular weight is 471 g/mol. The Morgan fingerprint density at radius 1 is 1.00 bits per heavy atom. The van der Waals surface area contributed by atoms with Crippen molar-refractivity contribution in [3.63, 3.8) is 0 Å². The third-order valence-electron chi connectivity index (χ3n) is 5.38. The van der Waals surface area contributed by atoms with E-state index in [-0.39, 0.29) is 5.91 Å². The minimum absolute atomic E-state index is 0.0125. The maximum absolute atomic E-state index is 13.0. The third kappa shape index (κ3) is 5.64. The first-order valence-electron chi connectivity index (χ1n) is 11.1. The number of nitrogens with zero attached hydrogens (tertiary/aromatic N) is 4. The van der Waals surface area contributed by atoms with Gasteiger partial charge in [-0.05, 0) is 56.3 Å². The molecule has 4 rings (SSSR count). The van der Waals surface area contributed by atoms with Crippen LogP contribution in [-0.4, -0.2) is 65.2 Å². The Kier molecular flexibility index (Phi) is 7.47. The second-order valence-corrected chi connectivity index (χ2v) is 8.05. The maximum atomic E-state index is 13.0. The van der Waals surface area contributed by atoms with Crippen molar-refractivity contribution in [1.82, 2.24) is 19.9 Å². The number of carbonyl (C=O) groups is 1. The lowest BCUT2D eigenvalue weighted by Crippen LogP contribution is -2.48. The molecule has 1 aliphatic heterocycles. The first-order valence-corrected chi connectivity index (χ1v) is 11.4. The molecule has 2 heterocycles. The normalized spacial score (nSPS) is 14.3. The molecule has 0 atom stereocenters. The summed E-state index contributed by atoms with van der Waals surface area (Å²) < 4.78 is 16.7. The molecule has 174 valence electrons. The van der Waals surface area contributed by atoms with E-state index in [1.807, 2.05) is 30.9 Å². The molecule has 0 bridgehead atoms. The molecule has 3 aromatic rings. The summed E-state index contributed by atoms with van der Waals surface area (Å²) in [5, 5.41) is 4.73. The Morgan fingerprint density at radius 2 is 1.70 bits per heavy atom. The summed E-state index contributed by atoms with van der Waals surface area (Å²) in [4.78, 5) is 21.6. The van der Waals surface area contributed by atoms with Crippen LogP contribution in [0.5, 0.6) is 11.5 Å². The van der Waals surface area contributed by atoms with Crippen LogP contribution in [0.1, 0.15) is 30.1 Å². The number of benzene rings is 2. The Morgan fingerprint density at radius 3 is 2.39 bits per heavy atom. The molecule has 1 amide bonds. The van der Waals surface area contributed by atoms with Crippen molar-refractivity contribution in [3.8, 4) is 22.9 Å². The minimum Gasteiger partial charge on any atom is -0.490 e. The quantitative estimate of drug-likeness (QED) is 0.489. The fourth-order valence-electron chi connectivity index (χ4n) is 3.70. The zero-order chi connectivity index (χ0) is 23.2. The van der Waals surface area contributed by atoms with Gasteiger partial charge < -0.3 is 18.9 Å². The molecule has 0 radical (unpaired) electrons. The Bertz CT molecular complexity index is 1080. The third-order valence-corrected chi connectivity index (χ3v) is 5.63. The van der Waals surface area contributed by atoms with Crippen LogP contribution < -0.4 is 9.47 Å². The number of piperazine rings is 1. The zero-order valence-corrected chi connectivity index (χ0v) is 19.5. The molecule has 33 heavy (non-hydrogen) atoms. The lowest BCUT2D eigenvalue weighted by Gasteiger charge is -2.34. The summed E-state index contributed by atoms with van der Waals surface area (Å²) in [6.07, 6.45) is 0. The number of aromatic nitrogens is 2. The van der Waals surface area contributed by atoms with E-state index < -0.39 is 0 Å². The standard InChI is InChI=1S/C24H27ClN4O4/c1-3-31-20-10-7-18(15-21(20)32-4-2)24(30)29-13-11-28(12-14-29)16-22-26-23(27-33-22)17-5-8-19(25)9-6-17/h5-10,15H,3-4,11-14,16H2,1-2H3. The van der Waals surface area contributed by atoms with Crippen LogP contribution in [0.15, 0.2) is 47.0 Å². The molecule has 0 aliphatic carbocycles. The van der Waals surface area contributed by atoms with Gasteiger partial charge >= 0.3 is 0 Å². The van der Waals surface area contributed by atoms with Crippen LogP contribution in [0.4, 0.5) is 0 Å². The van der Waals surface area contributed by atoms with Crippen molar-refractivity contribution >= 4 is 17.5 Å². The number of carbonyl (C=O) groups excluding carboxylic acids is 1. The van der Waals surface area contributed by atoms with Crippen molar-refractivity contribution in [2.75, 3.05) is 39.4 Å². The molecule has 0 N–H and O–H groups in total. The summed E-state index contributed by atoms with van der Waals surface area (Å²) in [5.74, 6) is 2.32. The number of hydrogen-bond acceptors (Lipinski definition) is 7. The predicted molar refractivity (Wildman–Crippen MR) is 125 cm³/mol. The zero-order valence-electron chi connectivity index (χ0n) is 18.8. The molecule has 8 nitrogen and oxygen atoms in total. The molecule has 2 aromatic carbocycles. The van der Waals surface area contributed by atoms with Gasteiger partial charge in [-0.15, -0.1) is 0 Å². The van der Waals surface area contributed by atoms with Crippen LogP contribution in [0.3, 0.4) is 0 Å². The van der Waals surface area contributed by atoms with Gasteiger partial charge in [0.25, 0.3) is 5.91 Å². The highest BCUT2D eigenvalue weighted by Gasteiger charge is 2.24. The Balaban J connectivity index is 1.34. The van der Waals surface area contributed by atoms with Crippen LogP contribution >= 0.6 is 11.6 Å². The van der Waals surface area contributed by atoms with Gasteiger partial charge in [-0.1, -0.05) is 16.8 Å². The van der Waals surface area contributed by atoms with Gasteiger partial charge in [-0.3, -0.25) is 9.69 Å². The maximum Gasteiger partial charge on any atom is 0.254 e. The van der Waals surface area contributed by atoms with Gasteiger partial charge in [0.05, 0.1) is 19.8 Å². The molecule has 0 saturated carbocycles. The van der Waals surface area contributed by atoms with Gasteiger partial charge in [0, 0.05) is 42.3 Å². The predicted octanol–water partition coefficient (Wildman–Crippen LogP) is 4.15. The highest BCUT2D eigenvalue weighted by molar-refractivity contribution is 6.30. The fourth-order valence-corrected chi connectivity index (χ4v) is 3.83. The van der Waals surface area contributed by atoms with Crippen LogP contribution in [0, 0.1) is 0 Å². The van der Waals surface area contributed by atoms with Gasteiger partial charge in [0.2, 0.25) is 11.7 Å². The fraction of sp³-hybridized carbons (Fsp3) is 0.375. The topological polar surface area (TPSA) is 80.9 Å². The second kappa shape index (κ2) is 10.7. The molecular formula is C24H27ClN4O4. The van der Waals surface area contributed by atoms with E-state index in [1.165, 1.54) is 0 Å².